The maximum atomic E-state index is 3.17. The van der Waals surface area contributed by atoms with Gasteiger partial charge in [-0.25, -0.2) is 0 Å². The molecule has 0 spiro atoms. The van der Waals surface area contributed by atoms with Crippen molar-refractivity contribution in [2.24, 2.45) is 0 Å². The molecule has 104 valence electrons. The number of halogens is 2. The van der Waals surface area contributed by atoms with Gasteiger partial charge in [0.2, 0.25) is 0 Å². The van der Waals surface area contributed by atoms with Gasteiger partial charge in [-0.15, -0.1) is 24.8 Å². The molecule has 1 aromatic carbocycles. The van der Waals surface area contributed by atoms with Crippen LogP contribution in [0.5, 0.6) is 0 Å². The molecule has 1 aromatic rings. The Kier molecular flexibility index (Phi) is 9.47. The van der Waals surface area contributed by atoms with Gasteiger partial charge in [0.25, 0.3) is 0 Å². The van der Waals surface area contributed by atoms with E-state index in [9.17, 15) is 0 Å². The zero-order valence-electron chi connectivity index (χ0n) is 11.0. The summed E-state index contributed by atoms with van der Waals surface area (Å²) in [4.78, 5) is 2.57. The van der Waals surface area contributed by atoms with Gasteiger partial charge < -0.3 is 5.32 Å². The second-order valence-electron chi connectivity index (χ2n) is 4.68. The lowest BCUT2D eigenvalue weighted by Crippen LogP contribution is -2.29. The van der Waals surface area contributed by atoms with Gasteiger partial charge in [0.15, 0.2) is 0 Å². The lowest BCUT2D eigenvalue weighted by atomic mass is 10.1. The number of rotatable bonds is 4. The molecule has 1 N–H and O–H groups in total. The first-order valence-corrected chi connectivity index (χ1v) is 6.33. The van der Waals surface area contributed by atoms with E-state index in [1.54, 1.807) is 0 Å². The van der Waals surface area contributed by atoms with Crippen molar-refractivity contribution in [2.75, 3.05) is 20.1 Å². The van der Waals surface area contributed by atoms with Crippen LogP contribution in [0.1, 0.15) is 30.4 Å². The Balaban J connectivity index is 0.00000144. The normalized spacial score (nSPS) is 15.6. The highest BCUT2D eigenvalue weighted by Crippen LogP contribution is 2.13. The first kappa shape index (κ1) is 17.7. The van der Waals surface area contributed by atoms with Crippen molar-refractivity contribution in [3.63, 3.8) is 0 Å². The molecule has 2 nitrogen and oxygen atoms in total. The molecule has 0 atom stereocenters. The maximum absolute atomic E-state index is 3.17. The zero-order valence-corrected chi connectivity index (χ0v) is 12.7. The number of hydrogen-bond donors (Lipinski definition) is 1. The van der Waals surface area contributed by atoms with Crippen molar-refractivity contribution in [3.8, 4) is 0 Å². The van der Waals surface area contributed by atoms with Crippen molar-refractivity contribution < 1.29 is 0 Å². The highest BCUT2D eigenvalue weighted by Gasteiger charge is 2.09. The molecule has 0 bridgehead atoms. The average Bonchev–Trinajstić information content (AvgIpc) is 2.33. The summed E-state index contributed by atoms with van der Waals surface area (Å²) in [5.41, 5.74) is 2.81. The Hall–Kier alpha value is -0.280. The lowest BCUT2D eigenvalue weighted by molar-refractivity contribution is 0.221. The molecule has 1 fully saturated rings. The summed E-state index contributed by atoms with van der Waals surface area (Å²) in [6.07, 6.45) is 4.16. The number of nitrogens with one attached hydrogen (secondary N) is 1. The Bertz CT molecular complexity index is 308. The smallest absolute Gasteiger partial charge is 0.0233 e. The molecule has 4 heteroatoms. The molecular formula is C14H24Cl2N2. The summed E-state index contributed by atoms with van der Waals surface area (Å²) < 4.78 is 0. The van der Waals surface area contributed by atoms with E-state index in [4.69, 9.17) is 0 Å². The number of piperidine rings is 1. The van der Waals surface area contributed by atoms with Gasteiger partial charge in [0, 0.05) is 13.1 Å². The summed E-state index contributed by atoms with van der Waals surface area (Å²) >= 11 is 0. The minimum absolute atomic E-state index is 0. The highest BCUT2D eigenvalue weighted by molar-refractivity contribution is 5.85. The van der Waals surface area contributed by atoms with E-state index in [0.717, 1.165) is 13.1 Å². The standard InChI is InChI=1S/C14H22N2.2ClH/c1-15-11-13-5-7-14(8-6-13)12-16-9-3-2-4-10-16;;/h5-8,15H,2-4,9-12H2,1H3;2*1H. The second kappa shape index (κ2) is 9.62. The monoisotopic (exact) mass is 290 g/mol. The van der Waals surface area contributed by atoms with Crippen molar-refractivity contribution in [1.82, 2.24) is 10.2 Å². The van der Waals surface area contributed by atoms with Crippen molar-refractivity contribution in [3.05, 3.63) is 35.4 Å². The highest BCUT2D eigenvalue weighted by atomic mass is 35.5. The molecule has 1 heterocycles. The zero-order chi connectivity index (χ0) is 11.2. The minimum Gasteiger partial charge on any atom is -0.316 e. The van der Waals surface area contributed by atoms with Gasteiger partial charge in [0.05, 0.1) is 0 Å². The number of nitrogens with zero attached hydrogens (tertiary/aromatic N) is 1. The Morgan fingerprint density at radius 1 is 0.944 bits per heavy atom. The summed E-state index contributed by atoms with van der Waals surface area (Å²) in [5, 5.41) is 3.17. The van der Waals surface area contributed by atoms with Gasteiger partial charge >= 0.3 is 0 Å². The summed E-state index contributed by atoms with van der Waals surface area (Å²) in [6.45, 7) is 4.64. The molecule has 0 unspecified atom stereocenters. The average molecular weight is 291 g/mol. The van der Waals surface area contributed by atoms with Crippen LogP contribution in [0.25, 0.3) is 0 Å². The van der Waals surface area contributed by atoms with Crippen LogP contribution in [0.3, 0.4) is 0 Å². The maximum Gasteiger partial charge on any atom is 0.0233 e. The van der Waals surface area contributed by atoms with Crippen LogP contribution >= 0.6 is 24.8 Å². The first-order valence-electron chi connectivity index (χ1n) is 6.33. The molecule has 1 aliphatic rings. The van der Waals surface area contributed by atoms with Gasteiger partial charge in [0.1, 0.15) is 0 Å². The van der Waals surface area contributed by atoms with Gasteiger partial charge in [-0.2, -0.15) is 0 Å². The first-order chi connectivity index (χ1) is 7.88. The summed E-state index contributed by atoms with van der Waals surface area (Å²) in [7, 11) is 1.99. The summed E-state index contributed by atoms with van der Waals surface area (Å²) in [6, 6.07) is 8.99. The van der Waals surface area contributed by atoms with Crippen LogP contribution in [-0.4, -0.2) is 25.0 Å². The van der Waals surface area contributed by atoms with Crippen molar-refractivity contribution >= 4 is 24.8 Å². The van der Waals surface area contributed by atoms with Crippen LogP contribution in [-0.2, 0) is 13.1 Å². The van der Waals surface area contributed by atoms with Crippen molar-refractivity contribution in [1.29, 1.82) is 0 Å². The predicted molar refractivity (Wildman–Crippen MR) is 82.8 cm³/mol. The van der Waals surface area contributed by atoms with E-state index in [-0.39, 0.29) is 24.8 Å². The van der Waals surface area contributed by atoms with E-state index >= 15 is 0 Å². The molecule has 0 aromatic heterocycles. The molecular weight excluding hydrogens is 267 g/mol. The lowest BCUT2D eigenvalue weighted by Gasteiger charge is -2.26. The largest absolute Gasteiger partial charge is 0.316 e. The van der Waals surface area contributed by atoms with Crippen LogP contribution in [0.15, 0.2) is 24.3 Å². The van der Waals surface area contributed by atoms with E-state index in [1.165, 1.54) is 43.5 Å². The second-order valence-corrected chi connectivity index (χ2v) is 4.68. The molecule has 0 saturated carbocycles. The van der Waals surface area contributed by atoms with Gasteiger partial charge in [-0.05, 0) is 44.1 Å². The fraction of sp³-hybridized carbons (Fsp3) is 0.571. The minimum atomic E-state index is 0. The third kappa shape index (κ3) is 5.57. The molecule has 0 radical (unpaired) electrons. The quantitative estimate of drug-likeness (QED) is 0.916. The van der Waals surface area contributed by atoms with Gasteiger partial charge in [-0.3, -0.25) is 4.90 Å². The molecule has 0 amide bonds. The molecule has 0 aliphatic carbocycles. The third-order valence-electron chi connectivity index (χ3n) is 3.26. The predicted octanol–water partition coefficient (Wildman–Crippen LogP) is 3.24. The van der Waals surface area contributed by atoms with Crippen LogP contribution in [0.4, 0.5) is 0 Å². The third-order valence-corrected chi connectivity index (χ3v) is 3.26. The Morgan fingerprint density at radius 3 is 2.06 bits per heavy atom. The van der Waals surface area contributed by atoms with E-state index in [0.29, 0.717) is 0 Å². The topological polar surface area (TPSA) is 15.3 Å². The Labute approximate surface area is 123 Å². The van der Waals surface area contributed by atoms with E-state index < -0.39 is 0 Å². The van der Waals surface area contributed by atoms with Crippen LogP contribution in [0.2, 0.25) is 0 Å². The molecule has 18 heavy (non-hydrogen) atoms. The van der Waals surface area contributed by atoms with E-state index in [1.807, 2.05) is 7.05 Å². The molecule has 2 rings (SSSR count). The molecule has 1 saturated heterocycles. The fourth-order valence-electron chi connectivity index (χ4n) is 2.34. The SMILES string of the molecule is CNCc1ccc(CN2CCCCC2)cc1.Cl.Cl. The van der Waals surface area contributed by atoms with E-state index in [2.05, 4.69) is 34.5 Å². The molecule has 1 aliphatic heterocycles. The van der Waals surface area contributed by atoms with Gasteiger partial charge in [-0.1, -0.05) is 30.7 Å². The number of hydrogen-bond acceptors (Lipinski definition) is 2. The Morgan fingerprint density at radius 2 is 1.50 bits per heavy atom. The number of likely N-dealkylation sites (tertiary alicyclic amines) is 1. The van der Waals surface area contributed by atoms with Crippen LogP contribution < -0.4 is 5.32 Å². The number of benzene rings is 1. The van der Waals surface area contributed by atoms with Crippen molar-refractivity contribution in [2.45, 2.75) is 32.4 Å². The fourth-order valence-corrected chi connectivity index (χ4v) is 2.34. The van der Waals surface area contributed by atoms with Crippen LogP contribution in [0, 0.1) is 0 Å². The summed E-state index contributed by atoms with van der Waals surface area (Å²) in [5.74, 6) is 0.